The Labute approximate surface area is 349 Å². The van der Waals surface area contributed by atoms with E-state index in [1.165, 1.54) is 85.4 Å². The van der Waals surface area contributed by atoms with E-state index in [1.54, 1.807) is 0 Å². The number of nitrogens with zero attached hydrogens (tertiary/aromatic N) is 3. The van der Waals surface area contributed by atoms with Crippen LogP contribution in [0.1, 0.15) is 0 Å². The summed E-state index contributed by atoms with van der Waals surface area (Å²) < 4.78 is 5.10. The number of hydrogen-bond acceptors (Lipinski definition) is 3. The lowest BCUT2D eigenvalue weighted by Crippen LogP contribution is -1.97. The number of thiophene rings is 1. The second kappa shape index (κ2) is 12.9. The van der Waals surface area contributed by atoms with E-state index in [-0.39, 0.29) is 0 Å². The Kier molecular flexibility index (Phi) is 7.18. The van der Waals surface area contributed by atoms with Crippen molar-refractivity contribution in [3.63, 3.8) is 0 Å². The number of hydrogen-bond donors (Lipinski definition) is 0. The third-order valence-electron chi connectivity index (χ3n) is 12.3. The highest BCUT2D eigenvalue weighted by molar-refractivity contribution is 7.27. The van der Waals surface area contributed by atoms with E-state index < -0.39 is 0 Å². The molecule has 0 aliphatic rings. The summed E-state index contributed by atoms with van der Waals surface area (Å²) in [6.45, 7) is 0. The van der Waals surface area contributed by atoms with Gasteiger partial charge in [-0.3, -0.25) is 0 Å². The first-order valence-electron chi connectivity index (χ1n) is 20.4. The normalized spacial score (nSPS) is 12.0. The van der Waals surface area contributed by atoms with Gasteiger partial charge in [0.05, 0.1) is 38.2 Å². The lowest BCUT2D eigenvalue weighted by Gasteiger charge is -2.14. The summed E-state index contributed by atoms with van der Waals surface area (Å²) in [7, 11) is 0. The van der Waals surface area contributed by atoms with Crippen LogP contribution < -0.4 is 0 Å². The summed E-state index contributed by atoms with van der Waals surface area (Å²) >= 11 is 1.91. The Morgan fingerprint density at radius 1 is 0.367 bits per heavy atom. The Bertz CT molecular complexity index is 3880. The molecule has 3 nitrogen and oxygen atoms in total. The average Bonchev–Trinajstić information content (AvgIpc) is 3.87. The molecule has 0 N–H and O–H groups in total. The smallest absolute Gasteiger partial charge is 0.0973 e. The van der Waals surface area contributed by atoms with Crippen molar-refractivity contribution in [1.29, 1.82) is 0 Å². The van der Waals surface area contributed by atoms with Crippen molar-refractivity contribution < 1.29 is 0 Å². The summed E-state index contributed by atoms with van der Waals surface area (Å²) in [5.74, 6) is 0. The van der Waals surface area contributed by atoms with Crippen LogP contribution in [0.25, 0.3) is 125 Å². The second-order valence-corrected chi connectivity index (χ2v) is 16.8. The molecule has 0 atom stereocenters. The quantitative estimate of drug-likeness (QED) is 0.178. The van der Waals surface area contributed by atoms with Crippen molar-refractivity contribution >= 4 is 96.7 Å². The van der Waals surface area contributed by atoms with Crippen LogP contribution in [0.4, 0.5) is 0 Å². The molecule has 0 saturated carbocycles. The highest BCUT2D eigenvalue weighted by Crippen LogP contribution is 2.48. The largest absolute Gasteiger partial charge is 0.308 e. The van der Waals surface area contributed by atoms with Gasteiger partial charge in [0, 0.05) is 43.1 Å². The molecule has 13 rings (SSSR count). The van der Waals surface area contributed by atoms with Gasteiger partial charge in [0.15, 0.2) is 0 Å². The zero-order valence-electron chi connectivity index (χ0n) is 32.3. The molecule has 4 heteroatoms. The average molecular weight is 780 g/mol. The van der Waals surface area contributed by atoms with Gasteiger partial charge in [0.2, 0.25) is 0 Å². The predicted molar refractivity (Wildman–Crippen MR) is 256 cm³/mol. The molecule has 0 unspecified atom stereocenters. The summed E-state index contributed by atoms with van der Waals surface area (Å²) in [6, 6.07) is 72.4. The second-order valence-electron chi connectivity index (χ2n) is 15.7. The molecule has 0 radical (unpaired) electrons. The van der Waals surface area contributed by atoms with Gasteiger partial charge < -0.3 is 4.57 Å². The first-order valence-corrected chi connectivity index (χ1v) is 21.2. The van der Waals surface area contributed by atoms with Crippen LogP contribution in [0.2, 0.25) is 0 Å². The Hall–Kier alpha value is -7.66. The van der Waals surface area contributed by atoms with Crippen molar-refractivity contribution in [3.05, 3.63) is 200 Å². The number of rotatable bonds is 4. The minimum Gasteiger partial charge on any atom is -0.308 e. The monoisotopic (exact) mass is 779 g/mol. The van der Waals surface area contributed by atoms with Gasteiger partial charge in [-0.25, -0.2) is 9.97 Å². The molecule has 0 fully saturated rings. The lowest BCUT2D eigenvalue weighted by molar-refractivity contribution is 1.19. The van der Waals surface area contributed by atoms with Crippen molar-refractivity contribution in [2.75, 3.05) is 0 Å². The zero-order chi connectivity index (χ0) is 39.3. The molecular weight excluding hydrogens is 747 g/mol. The third kappa shape index (κ3) is 5.01. The molecule has 0 saturated heterocycles. The van der Waals surface area contributed by atoms with Crippen molar-refractivity contribution in [2.24, 2.45) is 0 Å². The highest BCUT2D eigenvalue weighted by Gasteiger charge is 2.22. The lowest BCUT2D eigenvalue weighted by atomic mass is 9.97. The molecule has 0 aliphatic carbocycles. The molecule has 0 amide bonds. The Morgan fingerprint density at radius 3 is 1.67 bits per heavy atom. The topological polar surface area (TPSA) is 30.7 Å². The van der Waals surface area contributed by atoms with E-state index in [2.05, 4.69) is 193 Å². The molecular formula is C56H33N3S. The highest BCUT2D eigenvalue weighted by atomic mass is 32.1. The predicted octanol–water partition coefficient (Wildman–Crippen LogP) is 15.6. The van der Waals surface area contributed by atoms with Crippen LogP contribution in [0.5, 0.6) is 0 Å². The van der Waals surface area contributed by atoms with Gasteiger partial charge in [-0.15, -0.1) is 11.3 Å². The maximum atomic E-state index is 5.30. The fourth-order valence-corrected chi connectivity index (χ4v) is 10.8. The van der Waals surface area contributed by atoms with Crippen LogP contribution >= 0.6 is 11.3 Å². The van der Waals surface area contributed by atoms with E-state index in [0.29, 0.717) is 0 Å². The van der Waals surface area contributed by atoms with Gasteiger partial charge >= 0.3 is 0 Å². The zero-order valence-corrected chi connectivity index (χ0v) is 33.1. The summed E-state index contributed by atoms with van der Waals surface area (Å²) in [6.07, 6.45) is 0. The fourth-order valence-electron chi connectivity index (χ4n) is 9.51. The molecule has 10 aromatic carbocycles. The van der Waals surface area contributed by atoms with Crippen LogP contribution in [0.15, 0.2) is 200 Å². The van der Waals surface area contributed by atoms with Crippen LogP contribution in [0, 0.1) is 0 Å². The van der Waals surface area contributed by atoms with E-state index in [9.17, 15) is 0 Å². The summed E-state index contributed by atoms with van der Waals surface area (Å²) in [5.41, 5.74) is 11.5. The minimum atomic E-state index is 0.868. The van der Waals surface area contributed by atoms with Crippen LogP contribution in [-0.4, -0.2) is 14.5 Å². The first-order chi connectivity index (χ1) is 29.7. The molecule has 3 heterocycles. The molecule has 278 valence electrons. The number of para-hydroxylation sites is 3. The van der Waals surface area contributed by atoms with Crippen LogP contribution in [-0.2, 0) is 0 Å². The van der Waals surface area contributed by atoms with Gasteiger partial charge in [0.1, 0.15) is 0 Å². The Balaban J connectivity index is 1.01. The van der Waals surface area contributed by atoms with Gasteiger partial charge in [-0.05, 0) is 98.0 Å². The maximum absolute atomic E-state index is 5.30. The van der Waals surface area contributed by atoms with E-state index in [0.717, 1.165) is 39.2 Å². The van der Waals surface area contributed by atoms with Gasteiger partial charge in [0.25, 0.3) is 0 Å². The van der Waals surface area contributed by atoms with E-state index in [4.69, 9.17) is 9.97 Å². The first kappa shape index (κ1) is 33.3. The van der Waals surface area contributed by atoms with E-state index in [1.807, 2.05) is 23.5 Å². The number of fused-ring (bicyclic) bond motifs is 13. The Morgan fingerprint density at radius 2 is 0.917 bits per heavy atom. The van der Waals surface area contributed by atoms with Crippen molar-refractivity contribution in [3.8, 4) is 39.3 Å². The molecule has 3 aromatic heterocycles. The fraction of sp³-hybridized carbons (Fsp3) is 0. The van der Waals surface area contributed by atoms with Crippen LogP contribution in [0.3, 0.4) is 0 Å². The van der Waals surface area contributed by atoms with Crippen molar-refractivity contribution in [2.45, 2.75) is 0 Å². The SMILES string of the molecule is c1ccc(-c2ccc3cc(-c4nc5ccccc5nc4-c4ccc(-n5c6ccccc6c6c7ccccc7c7c8cc9ccccc9cc8sc7c65)cc4)ccc3c2)cc1. The van der Waals surface area contributed by atoms with E-state index >= 15 is 0 Å². The molecule has 0 aliphatic heterocycles. The molecule has 0 spiro atoms. The van der Waals surface area contributed by atoms with Gasteiger partial charge in [-0.1, -0.05) is 146 Å². The minimum absolute atomic E-state index is 0.868. The maximum Gasteiger partial charge on any atom is 0.0973 e. The van der Waals surface area contributed by atoms with Gasteiger partial charge in [-0.2, -0.15) is 0 Å². The molecule has 60 heavy (non-hydrogen) atoms. The third-order valence-corrected chi connectivity index (χ3v) is 13.5. The summed E-state index contributed by atoms with van der Waals surface area (Å²) in [5, 5.41) is 12.7. The number of benzene rings is 10. The van der Waals surface area contributed by atoms with Crippen molar-refractivity contribution in [1.82, 2.24) is 14.5 Å². The molecule has 0 bridgehead atoms. The molecule has 13 aromatic rings. The summed E-state index contributed by atoms with van der Waals surface area (Å²) in [4.78, 5) is 10.6. The standard InChI is InChI=1S/C56H33N3S/c1-2-12-34(13-3-1)38-22-23-40-31-41(25-24-39(40)30-38)54-53(57-47-19-9-10-20-48(47)58-54)35-26-28-42(29-27-35)59-49-21-11-8-18-45(49)51-43-16-6-7-17-44(43)52-46-32-36-14-4-5-15-37(36)33-50(46)60-56(52)55(51)59/h1-33H. The number of aromatic nitrogens is 3.